The average molecular weight is 460 g/mol. The Morgan fingerprint density at radius 2 is 1.47 bits per heavy atom. The third kappa shape index (κ3) is 4.06. The molecule has 0 amide bonds. The highest BCUT2D eigenvalue weighted by atomic mass is 16.7. The summed E-state index contributed by atoms with van der Waals surface area (Å²) in [5.74, 6) is 3.22. The van der Waals surface area contributed by atoms with Crippen molar-refractivity contribution in [3.8, 4) is 22.8 Å². The highest BCUT2D eigenvalue weighted by Gasteiger charge is 2.22. The van der Waals surface area contributed by atoms with Crippen molar-refractivity contribution >= 4 is 17.6 Å². The standard InChI is InChI=1S/C25H29N7O2/c1-18-20(16-27-25(28-18)31-9-3-2-4-10-31)21-7-8-26-24(29-21)32-13-11-30(12-14-32)19-5-6-22-23(15-19)34-17-33-22/h5-8,15-16H,2-4,9-14,17H2,1H3. The molecule has 0 aliphatic carbocycles. The molecule has 9 nitrogen and oxygen atoms in total. The Morgan fingerprint density at radius 1 is 0.735 bits per heavy atom. The molecule has 176 valence electrons. The molecule has 0 saturated carbocycles. The number of aromatic nitrogens is 4. The molecule has 0 spiro atoms. The van der Waals surface area contributed by atoms with E-state index in [1.807, 2.05) is 31.5 Å². The highest BCUT2D eigenvalue weighted by Crippen LogP contribution is 2.36. The van der Waals surface area contributed by atoms with Crippen LogP contribution in [-0.4, -0.2) is 66.0 Å². The molecule has 5 heterocycles. The van der Waals surface area contributed by atoms with Crippen LogP contribution >= 0.6 is 0 Å². The van der Waals surface area contributed by atoms with E-state index >= 15 is 0 Å². The van der Waals surface area contributed by atoms with Crippen molar-refractivity contribution in [2.75, 3.05) is 60.8 Å². The van der Waals surface area contributed by atoms with Gasteiger partial charge in [-0.25, -0.2) is 19.9 Å². The smallest absolute Gasteiger partial charge is 0.231 e. The molecule has 3 aromatic rings. The summed E-state index contributed by atoms with van der Waals surface area (Å²) in [6.45, 7) is 7.88. The fourth-order valence-corrected chi connectivity index (χ4v) is 4.85. The molecule has 3 aliphatic rings. The minimum Gasteiger partial charge on any atom is -0.454 e. The van der Waals surface area contributed by atoms with Gasteiger partial charge in [0.05, 0.1) is 11.4 Å². The Kier molecular flexibility index (Phi) is 5.52. The molecule has 6 rings (SSSR count). The molecule has 0 unspecified atom stereocenters. The van der Waals surface area contributed by atoms with Crippen LogP contribution in [0.15, 0.2) is 36.7 Å². The van der Waals surface area contributed by atoms with Crippen molar-refractivity contribution in [3.05, 3.63) is 42.4 Å². The predicted molar refractivity (Wildman–Crippen MR) is 131 cm³/mol. The SMILES string of the molecule is Cc1nc(N2CCCCC2)ncc1-c1ccnc(N2CCN(c3ccc4c(c3)OCO4)CC2)n1. The Hall–Kier alpha value is -3.62. The molecule has 0 atom stereocenters. The lowest BCUT2D eigenvalue weighted by molar-refractivity contribution is 0.174. The van der Waals surface area contributed by atoms with Crippen molar-refractivity contribution in [3.63, 3.8) is 0 Å². The number of anilines is 3. The summed E-state index contributed by atoms with van der Waals surface area (Å²) in [5.41, 5.74) is 3.93. The van der Waals surface area contributed by atoms with Crippen molar-refractivity contribution in [1.82, 2.24) is 19.9 Å². The number of aryl methyl sites for hydroxylation is 1. The molecule has 0 bridgehead atoms. The number of hydrogen-bond donors (Lipinski definition) is 0. The summed E-state index contributed by atoms with van der Waals surface area (Å²) in [6, 6.07) is 8.08. The van der Waals surface area contributed by atoms with E-state index in [2.05, 4.69) is 36.8 Å². The van der Waals surface area contributed by atoms with Crippen LogP contribution in [0, 0.1) is 6.92 Å². The van der Waals surface area contributed by atoms with Crippen LogP contribution in [0.2, 0.25) is 0 Å². The van der Waals surface area contributed by atoms with Crippen LogP contribution in [0.25, 0.3) is 11.3 Å². The summed E-state index contributed by atoms with van der Waals surface area (Å²) in [7, 11) is 0. The first-order valence-electron chi connectivity index (χ1n) is 12.1. The van der Waals surface area contributed by atoms with Gasteiger partial charge in [-0.15, -0.1) is 0 Å². The highest BCUT2D eigenvalue weighted by molar-refractivity contribution is 5.63. The van der Waals surface area contributed by atoms with Gasteiger partial charge < -0.3 is 24.2 Å². The molecule has 2 aromatic heterocycles. The molecule has 0 radical (unpaired) electrons. The summed E-state index contributed by atoms with van der Waals surface area (Å²) < 4.78 is 11.0. The second kappa shape index (κ2) is 8.96. The molecule has 2 fully saturated rings. The number of benzene rings is 1. The number of fused-ring (bicyclic) bond motifs is 1. The van der Waals surface area contributed by atoms with Gasteiger partial charge in [0.1, 0.15) is 0 Å². The van der Waals surface area contributed by atoms with E-state index in [0.717, 1.165) is 85.3 Å². The zero-order chi connectivity index (χ0) is 22.9. The summed E-state index contributed by atoms with van der Waals surface area (Å²) >= 11 is 0. The van der Waals surface area contributed by atoms with Gasteiger partial charge in [-0.2, -0.15) is 0 Å². The molecule has 1 aromatic carbocycles. The van der Waals surface area contributed by atoms with Crippen molar-refractivity contribution in [2.45, 2.75) is 26.2 Å². The van der Waals surface area contributed by atoms with E-state index in [-0.39, 0.29) is 0 Å². The van der Waals surface area contributed by atoms with Gasteiger partial charge in [-0.1, -0.05) is 0 Å². The lowest BCUT2D eigenvalue weighted by Gasteiger charge is -2.36. The molecular weight excluding hydrogens is 430 g/mol. The van der Waals surface area contributed by atoms with E-state index in [4.69, 9.17) is 19.4 Å². The van der Waals surface area contributed by atoms with E-state index in [1.165, 1.54) is 19.3 Å². The Bertz CT molecular complexity index is 1170. The first-order valence-corrected chi connectivity index (χ1v) is 12.1. The molecule has 34 heavy (non-hydrogen) atoms. The normalized spacial score (nSPS) is 17.9. The summed E-state index contributed by atoms with van der Waals surface area (Å²) in [5, 5.41) is 0. The summed E-state index contributed by atoms with van der Waals surface area (Å²) in [6.07, 6.45) is 7.46. The van der Waals surface area contributed by atoms with E-state index < -0.39 is 0 Å². The number of piperidine rings is 1. The topological polar surface area (TPSA) is 79.7 Å². The maximum Gasteiger partial charge on any atom is 0.231 e. The Morgan fingerprint density at radius 3 is 2.29 bits per heavy atom. The molecule has 2 saturated heterocycles. The van der Waals surface area contributed by atoms with Gasteiger partial charge in [0.25, 0.3) is 0 Å². The average Bonchev–Trinajstić information content (AvgIpc) is 3.37. The van der Waals surface area contributed by atoms with Crippen LogP contribution in [-0.2, 0) is 0 Å². The van der Waals surface area contributed by atoms with Crippen molar-refractivity contribution in [2.24, 2.45) is 0 Å². The number of ether oxygens (including phenoxy) is 2. The quantitative estimate of drug-likeness (QED) is 0.584. The first-order chi connectivity index (χ1) is 16.7. The van der Waals surface area contributed by atoms with Gasteiger partial charge in [0, 0.05) is 69.0 Å². The Labute approximate surface area is 199 Å². The number of hydrogen-bond acceptors (Lipinski definition) is 9. The fraction of sp³-hybridized carbons (Fsp3) is 0.440. The van der Waals surface area contributed by atoms with Crippen LogP contribution < -0.4 is 24.2 Å². The lowest BCUT2D eigenvalue weighted by Crippen LogP contribution is -2.47. The molecule has 3 aliphatic heterocycles. The van der Waals surface area contributed by atoms with Gasteiger partial charge in [-0.3, -0.25) is 0 Å². The molecule has 0 N–H and O–H groups in total. The largest absolute Gasteiger partial charge is 0.454 e. The Balaban J connectivity index is 1.15. The second-order valence-electron chi connectivity index (χ2n) is 8.97. The van der Waals surface area contributed by atoms with Gasteiger partial charge in [-0.05, 0) is 44.4 Å². The maximum atomic E-state index is 5.53. The maximum absolute atomic E-state index is 5.53. The zero-order valence-corrected chi connectivity index (χ0v) is 19.5. The third-order valence-electron chi connectivity index (χ3n) is 6.81. The van der Waals surface area contributed by atoms with Gasteiger partial charge in [0.2, 0.25) is 18.7 Å². The van der Waals surface area contributed by atoms with Crippen LogP contribution in [0.5, 0.6) is 11.5 Å². The second-order valence-corrected chi connectivity index (χ2v) is 8.97. The van der Waals surface area contributed by atoms with E-state index in [1.54, 1.807) is 0 Å². The van der Waals surface area contributed by atoms with Crippen LogP contribution in [0.4, 0.5) is 17.6 Å². The minimum absolute atomic E-state index is 0.297. The lowest BCUT2D eigenvalue weighted by atomic mass is 10.1. The number of piperazine rings is 1. The predicted octanol–water partition coefficient (Wildman–Crippen LogP) is 3.29. The molecular formula is C25H29N7O2. The number of rotatable bonds is 4. The van der Waals surface area contributed by atoms with Gasteiger partial charge in [0.15, 0.2) is 11.5 Å². The zero-order valence-electron chi connectivity index (χ0n) is 19.5. The van der Waals surface area contributed by atoms with Crippen molar-refractivity contribution in [1.29, 1.82) is 0 Å². The number of nitrogens with zero attached hydrogens (tertiary/aromatic N) is 7. The van der Waals surface area contributed by atoms with Gasteiger partial charge >= 0.3 is 0 Å². The fourth-order valence-electron chi connectivity index (χ4n) is 4.85. The van der Waals surface area contributed by atoms with Crippen LogP contribution in [0.3, 0.4) is 0 Å². The minimum atomic E-state index is 0.297. The van der Waals surface area contributed by atoms with E-state index in [0.29, 0.717) is 6.79 Å². The third-order valence-corrected chi connectivity index (χ3v) is 6.81. The first kappa shape index (κ1) is 20.9. The molecule has 9 heteroatoms. The van der Waals surface area contributed by atoms with E-state index in [9.17, 15) is 0 Å². The monoisotopic (exact) mass is 459 g/mol. The summed E-state index contributed by atoms with van der Waals surface area (Å²) in [4.78, 5) is 25.8. The van der Waals surface area contributed by atoms with Crippen LogP contribution in [0.1, 0.15) is 25.0 Å². The van der Waals surface area contributed by atoms with Crippen molar-refractivity contribution < 1.29 is 9.47 Å².